The number of benzene rings is 1. The van der Waals surface area contributed by atoms with E-state index in [0.717, 1.165) is 10.8 Å². The summed E-state index contributed by atoms with van der Waals surface area (Å²) in [5.74, 6) is 0.310. The van der Waals surface area contributed by atoms with Crippen molar-refractivity contribution in [2.75, 3.05) is 6.61 Å². The molecule has 0 aliphatic heterocycles. The molecule has 0 atom stereocenters. The van der Waals surface area contributed by atoms with Gasteiger partial charge in [0, 0.05) is 12.8 Å². The van der Waals surface area contributed by atoms with Gasteiger partial charge in [0.2, 0.25) is 0 Å². The lowest BCUT2D eigenvalue weighted by Crippen LogP contribution is -2.06. The summed E-state index contributed by atoms with van der Waals surface area (Å²) in [6.45, 7) is 2.08. The molecular weight excluding hydrogens is 296 g/mol. The predicted octanol–water partition coefficient (Wildman–Crippen LogP) is 3.54. The standard InChI is InChI=1S/C14H15ClN2O2S/c1-3-19-14(18)11-12(15)16-17(2)13(11)20-9-10-7-5-4-6-8-10/h4-8H,3,9H2,1-2H3. The zero-order valence-corrected chi connectivity index (χ0v) is 12.9. The topological polar surface area (TPSA) is 44.1 Å². The van der Waals surface area contributed by atoms with E-state index in [1.165, 1.54) is 17.3 Å². The average Bonchev–Trinajstić information content (AvgIpc) is 2.72. The zero-order valence-electron chi connectivity index (χ0n) is 11.3. The molecule has 2 aromatic rings. The second-order valence-corrected chi connectivity index (χ2v) is 5.41. The normalized spacial score (nSPS) is 10.6. The number of aryl methyl sites for hydroxylation is 1. The number of halogens is 1. The molecule has 0 aliphatic carbocycles. The van der Waals surface area contributed by atoms with Crippen LogP contribution in [0.2, 0.25) is 5.15 Å². The van der Waals surface area contributed by atoms with Crippen LogP contribution in [0.5, 0.6) is 0 Å². The number of ether oxygens (including phenoxy) is 1. The summed E-state index contributed by atoms with van der Waals surface area (Å²) in [5.41, 5.74) is 1.52. The highest BCUT2D eigenvalue weighted by atomic mass is 35.5. The monoisotopic (exact) mass is 310 g/mol. The number of nitrogens with zero attached hydrogens (tertiary/aromatic N) is 2. The Labute approximate surface area is 127 Å². The fraction of sp³-hybridized carbons (Fsp3) is 0.286. The Morgan fingerprint density at radius 2 is 2.10 bits per heavy atom. The maximum Gasteiger partial charge on any atom is 0.344 e. The van der Waals surface area contributed by atoms with Crippen LogP contribution < -0.4 is 0 Å². The first-order valence-corrected chi connectivity index (χ1v) is 7.56. The van der Waals surface area contributed by atoms with Crippen molar-refractivity contribution in [2.45, 2.75) is 17.7 Å². The van der Waals surface area contributed by atoms with Gasteiger partial charge in [0.1, 0.15) is 10.6 Å². The summed E-state index contributed by atoms with van der Waals surface area (Å²) >= 11 is 7.53. The highest BCUT2D eigenvalue weighted by Crippen LogP contribution is 2.30. The first-order chi connectivity index (χ1) is 9.63. The quantitative estimate of drug-likeness (QED) is 0.626. The minimum Gasteiger partial charge on any atom is -0.462 e. The van der Waals surface area contributed by atoms with Gasteiger partial charge in [0.15, 0.2) is 5.15 Å². The van der Waals surface area contributed by atoms with E-state index < -0.39 is 5.97 Å². The third-order valence-corrected chi connectivity index (χ3v) is 4.13. The number of aromatic nitrogens is 2. The highest BCUT2D eigenvalue weighted by Gasteiger charge is 2.23. The molecule has 20 heavy (non-hydrogen) atoms. The van der Waals surface area contributed by atoms with Crippen molar-refractivity contribution in [3.63, 3.8) is 0 Å². The van der Waals surface area contributed by atoms with Gasteiger partial charge in [-0.05, 0) is 12.5 Å². The molecule has 1 aromatic heterocycles. The Morgan fingerprint density at radius 3 is 2.75 bits per heavy atom. The Kier molecular flexibility index (Phi) is 5.09. The molecule has 6 heteroatoms. The van der Waals surface area contributed by atoms with Crippen molar-refractivity contribution < 1.29 is 9.53 Å². The number of hydrogen-bond donors (Lipinski definition) is 0. The van der Waals surface area contributed by atoms with E-state index in [2.05, 4.69) is 5.10 Å². The molecule has 0 bridgehead atoms. The van der Waals surface area contributed by atoms with Crippen molar-refractivity contribution in [2.24, 2.45) is 7.05 Å². The van der Waals surface area contributed by atoms with Crippen LogP contribution in [0.15, 0.2) is 35.4 Å². The first kappa shape index (κ1) is 14.9. The lowest BCUT2D eigenvalue weighted by atomic mass is 10.2. The summed E-state index contributed by atoms with van der Waals surface area (Å²) in [7, 11) is 1.77. The second kappa shape index (κ2) is 6.81. The third-order valence-electron chi connectivity index (χ3n) is 2.65. The summed E-state index contributed by atoms with van der Waals surface area (Å²) in [5, 5.41) is 4.99. The fourth-order valence-corrected chi connectivity index (χ4v) is 3.13. The van der Waals surface area contributed by atoms with Gasteiger partial charge in [-0.3, -0.25) is 4.68 Å². The molecule has 2 rings (SSSR count). The van der Waals surface area contributed by atoms with E-state index in [9.17, 15) is 4.79 Å². The fourth-order valence-electron chi connectivity index (χ4n) is 1.74. The largest absolute Gasteiger partial charge is 0.462 e. The van der Waals surface area contributed by atoms with Crippen LogP contribution in [0.3, 0.4) is 0 Å². The molecule has 106 valence electrons. The zero-order chi connectivity index (χ0) is 14.5. The number of carbonyl (C=O) groups is 1. The summed E-state index contributed by atoms with van der Waals surface area (Å²) in [6, 6.07) is 10.0. The molecule has 1 aromatic carbocycles. The molecule has 0 N–H and O–H groups in total. The molecule has 0 amide bonds. The van der Waals surface area contributed by atoms with E-state index >= 15 is 0 Å². The van der Waals surface area contributed by atoms with Crippen LogP contribution in [0.1, 0.15) is 22.8 Å². The van der Waals surface area contributed by atoms with E-state index in [-0.39, 0.29) is 5.15 Å². The molecular formula is C14H15ClN2O2S. The third kappa shape index (κ3) is 3.35. The van der Waals surface area contributed by atoms with Crippen molar-refractivity contribution in [3.05, 3.63) is 46.6 Å². The Morgan fingerprint density at radius 1 is 1.40 bits per heavy atom. The number of rotatable bonds is 5. The summed E-state index contributed by atoms with van der Waals surface area (Å²) < 4.78 is 6.64. The molecule has 0 fully saturated rings. The van der Waals surface area contributed by atoms with Gasteiger partial charge in [-0.15, -0.1) is 11.8 Å². The number of hydrogen-bond acceptors (Lipinski definition) is 4. The van der Waals surface area contributed by atoms with E-state index in [0.29, 0.717) is 12.2 Å². The molecule has 1 heterocycles. The van der Waals surface area contributed by atoms with Gasteiger partial charge in [-0.2, -0.15) is 5.10 Å². The minimum absolute atomic E-state index is 0.182. The number of esters is 1. The van der Waals surface area contributed by atoms with Crippen LogP contribution in [0.25, 0.3) is 0 Å². The molecule has 0 saturated heterocycles. The maximum absolute atomic E-state index is 11.9. The Balaban J connectivity index is 2.20. The number of carbonyl (C=O) groups excluding carboxylic acids is 1. The van der Waals surface area contributed by atoms with Crippen LogP contribution in [0.4, 0.5) is 0 Å². The lowest BCUT2D eigenvalue weighted by Gasteiger charge is -2.06. The van der Waals surface area contributed by atoms with Crippen molar-refractivity contribution in [3.8, 4) is 0 Å². The van der Waals surface area contributed by atoms with Gasteiger partial charge < -0.3 is 4.74 Å². The number of thioether (sulfide) groups is 1. The van der Waals surface area contributed by atoms with Crippen molar-refractivity contribution in [1.29, 1.82) is 0 Å². The molecule has 0 unspecified atom stereocenters. The summed E-state index contributed by atoms with van der Waals surface area (Å²) in [4.78, 5) is 11.9. The molecule has 0 spiro atoms. The average molecular weight is 311 g/mol. The smallest absolute Gasteiger partial charge is 0.344 e. The van der Waals surface area contributed by atoms with Crippen molar-refractivity contribution in [1.82, 2.24) is 9.78 Å². The van der Waals surface area contributed by atoms with Gasteiger partial charge in [0.05, 0.1) is 6.61 Å². The predicted molar refractivity (Wildman–Crippen MR) is 80.2 cm³/mol. The van der Waals surface area contributed by atoms with Gasteiger partial charge in [0.25, 0.3) is 0 Å². The van der Waals surface area contributed by atoms with Crippen LogP contribution >= 0.6 is 23.4 Å². The van der Waals surface area contributed by atoms with Gasteiger partial charge in [-0.1, -0.05) is 41.9 Å². The second-order valence-electron chi connectivity index (χ2n) is 4.09. The van der Waals surface area contributed by atoms with Crippen molar-refractivity contribution >= 4 is 29.3 Å². The van der Waals surface area contributed by atoms with E-state index in [4.69, 9.17) is 16.3 Å². The maximum atomic E-state index is 11.9. The van der Waals surface area contributed by atoms with Crippen LogP contribution in [0, 0.1) is 0 Å². The Bertz CT molecular complexity index is 599. The van der Waals surface area contributed by atoms with Crippen LogP contribution in [-0.4, -0.2) is 22.4 Å². The van der Waals surface area contributed by atoms with Gasteiger partial charge >= 0.3 is 5.97 Å². The van der Waals surface area contributed by atoms with Crippen LogP contribution in [-0.2, 0) is 17.5 Å². The summed E-state index contributed by atoms with van der Waals surface area (Å²) in [6.07, 6.45) is 0. The Hall–Kier alpha value is -1.46. The first-order valence-electron chi connectivity index (χ1n) is 6.19. The molecule has 0 aliphatic rings. The minimum atomic E-state index is -0.429. The van der Waals surface area contributed by atoms with Gasteiger partial charge in [-0.25, -0.2) is 4.79 Å². The lowest BCUT2D eigenvalue weighted by molar-refractivity contribution is 0.0522. The SMILES string of the molecule is CCOC(=O)c1c(Cl)nn(C)c1SCc1ccccc1. The molecule has 4 nitrogen and oxygen atoms in total. The van der Waals surface area contributed by atoms with E-state index in [1.807, 2.05) is 30.3 Å². The molecule has 0 radical (unpaired) electrons. The highest BCUT2D eigenvalue weighted by molar-refractivity contribution is 7.98. The van der Waals surface area contributed by atoms with E-state index in [1.54, 1.807) is 18.7 Å². The molecule has 0 saturated carbocycles.